The normalized spacial score (nSPS) is 16.2. The van der Waals surface area contributed by atoms with E-state index in [1.54, 1.807) is 12.4 Å². The van der Waals surface area contributed by atoms with Crippen LogP contribution in [0.4, 0.5) is 9.59 Å². The van der Waals surface area contributed by atoms with Crippen molar-refractivity contribution in [2.75, 3.05) is 6.54 Å². The van der Waals surface area contributed by atoms with Crippen molar-refractivity contribution in [3.8, 4) is 33.6 Å². The van der Waals surface area contributed by atoms with E-state index < -0.39 is 17.8 Å². The number of amides is 2. The van der Waals surface area contributed by atoms with Crippen LogP contribution in [0.1, 0.15) is 78.1 Å². The molecule has 0 spiro atoms. The largest absolute Gasteiger partial charge is 0.465 e. The summed E-state index contributed by atoms with van der Waals surface area (Å²) in [5.74, 6) is 1.35. The molecule has 5 rings (SSSR count). The minimum atomic E-state index is -0.909. The van der Waals surface area contributed by atoms with E-state index in [4.69, 9.17) is 4.74 Å². The third kappa shape index (κ3) is 6.90. The first-order valence-corrected chi connectivity index (χ1v) is 14.6. The van der Waals surface area contributed by atoms with Crippen molar-refractivity contribution in [1.82, 2.24) is 30.2 Å². The van der Waals surface area contributed by atoms with Crippen LogP contribution in [0, 0.1) is 5.41 Å². The lowest BCUT2D eigenvalue weighted by Gasteiger charge is -2.31. The quantitative estimate of drug-likeness (QED) is 0.185. The molecule has 0 saturated carbocycles. The zero-order chi connectivity index (χ0) is 30.9. The number of nitrogens with one attached hydrogen (secondary N) is 3. The molecule has 1 fully saturated rings. The molecule has 1 aliphatic heterocycles. The second-order valence-electron chi connectivity index (χ2n) is 13.1. The average Bonchev–Trinajstić information content (AvgIpc) is 3.71. The molecule has 0 aliphatic carbocycles. The number of imidazole rings is 2. The lowest BCUT2D eigenvalue weighted by molar-refractivity contribution is 0.0458. The summed E-state index contributed by atoms with van der Waals surface area (Å²) in [6.07, 6.45) is 3.78. The van der Waals surface area contributed by atoms with Crippen LogP contribution in [-0.4, -0.2) is 54.3 Å². The van der Waals surface area contributed by atoms with Gasteiger partial charge in [0.1, 0.15) is 17.2 Å². The Morgan fingerprint density at radius 3 is 1.95 bits per heavy atom. The first kappa shape index (κ1) is 29.9. The van der Waals surface area contributed by atoms with Gasteiger partial charge in [0, 0.05) is 6.54 Å². The molecule has 3 heterocycles. The number of hydrogen-bond acceptors (Lipinski definition) is 5. The summed E-state index contributed by atoms with van der Waals surface area (Å²) in [6, 6.07) is 15.8. The van der Waals surface area contributed by atoms with Crippen molar-refractivity contribution in [3.05, 3.63) is 72.6 Å². The minimum Gasteiger partial charge on any atom is -0.465 e. The van der Waals surface area contributed by atoms with Gasteiger partial charge in [0.15, 0.2) is 0 Å². The van der Waals surface area contributed by atoms with Gasteiger partial charge in [0.25, 0.3) is 0 Å². The highest BCUT2D eigenvalue weighted by Gasteiger charge is 2.33. The van der Waals surface area contributed by atoms with Crippen LogP contribution in [0.5, 0.6) is 0 Å². The van der Waals surface area contributed by atoms with Crippen molar-refractivity contribution in [2.45, 2.75) is 72.1 Å². The monoisotopic (exact) mass is 584 g/mol. The highest BCUT2D eigenvalue weighted by atomic mass is 16.6. The topological polar surface area (TPSA) is 136 Å². The van der Waals surface area contributed by atoms with Gasteiger partial charge in [0.05, 0.1) is 35.9 Å². The molecule has 1 unspecified atom stereocenters. The fourth-order valence-corrected chi connectivity index (χ4v) is 5.37. The van der Waals surface area contributed by atoms with E-state index in [1.807, 2.05) is 65.8 Å². The summed E-state index contributed by atoms with van der Waals surface area (Å²) in [6.45, 7) is 12.2. The van der Waals surface area contributed by atoms with E-state index in [9.17, 15) is 14.7 Å². The Hall–Kier alpha value is -4.60. The number of H-pyrrole nitrogens is 2. The number of aromatic amines is 2. The molecular weight excluding hydrogens is 544 g/mol. The average molecular weight is 585 g/mol. The van der Waals surface area contributed by atoms with Crippen molar-refractivity contribution in [3.63, 3.8) is 0 Å². The van der Waals surface area contributed by atoms with Crippen LogP contribution >= 0.6 is 0 Å². The third-order valence-electron chi connectivity index (χ3n) is 7.53. The predicted octanol–water partition coefficient (Wildman–Crippen LogP) is 7.56. The first-order valence-electron chi connectivity index (χ1n) is 14.6. The number of carbonyl (C=O) groups excluding carboxylic acids is 1. The Morgan fingerprint density at radius 2 is 1.42 bits per heavy atom. The van der Waals surface area contributed by atoms with E-state index in [0.29, 0.717) is 18.2 Å². The lowest BCUT2D eigenvalue weighted by atomic mass is 9.86. The summed E-state index contributed by atoms with van der Waals surface area (Å²) in [5, 5.41) is 12.4. The third-order valence-corrected chi connectivity index (χ3v) is 7.53. The molecule has 1 aliphatic rings. The highest BCUT2D eigenvalue weighted by molar-refractivity contribution is 5.72. The molecule has 2 aromatic heterocycles. The summed E-state index contributed by atoms with van der Waals surface area (Å²) in [4.78, 5) is 41.3. The Labute approximate surface area is 251 Å². The summed E-state index contributed by atoms with van der Waals surface area (Å²) >= 11 is 0. The van der Waals surface area contributed by atoms with E-state index in [1.165, 1.54) is 4.90 Å². The van der Waals surface area contributed by atoms with E-state index in [-0.39, 0.29) is 17.5 Å². The van der Waals surface area contributed by atoms with Crippen molar-refractivity contribution in [1.29, 1.82) is 0 Å². The van der Waals surface area contributed by atoms with Crippen LogP contribution in [0.25, 0.3) is 33.6 Å². The number of carboxylic acid groups (broad SMARTS) is 1. The Bertz CT molecular complexity index is 1580. The second kappa shape index (κ2) is 11.6. The number of rotatable bonds is 6. The number of nitrogens with zero attached hydrogens (tertiary/aromatic N) is 3. The number of aromatic nitrogens is 4. The van der Waals surface area contributed by atoms with E-state index >= 15 is 0 Å². The number of likely N-dealkylation sites (tertiary alicyclic amines) is 1. The van der Waals surface area contributed by atoms with E-state index in [2.05, 4.69) is 49.5 Å². The number of carbonyl (C=O) groups is 2. The molecule has 10 heteroatoms. The van der Waals surface area contributed by atoms with Gasteiger partial charge < -0.3 is 25.1 Å². The fraction of sp³-hybridized carbons (Fsp3) is 0.394. The second-order valence-corrected chi connectivity index (χ2v) is 13.1. The van der Waals surface area contributed by atoms with Gasteiger partial charge >= 0.3 is 12.2 Å². The Balaban J connectivity index is 1.28. The van der Waals surface area contributed by atoms with Gasteiger partial charge in [-0.2, -0.15) is 0 Å². The summed E-state index contributed by atoms with van der Waals surface area (Å²) in [5.41, 5.74) is 4.94. The number of benzene rings is 2. The highest BCUT2D eigenvalue weighted by Crippen LogP contribution is 2.34. The molecule has 4 aromatic rings. The van der Waals surface area contributed by atoms with Gasteiger partial charge in [-0.15, -0.1) is 0 Å². The van der Waals surface area contributed by atoms with Gasteiger partial charge in [-0.25, -0.2) is 19.6 Å². The predicted molar refractivity (Wildman–Crippen MR) is 165 cm³/mol. The minimum absolute atomic E-state index is 0.226. The molecule has 43 heavy (non-hydrogen) atoms. The SMILES string of the molecule is CC(C)(C)OC(=O)N[C@H](c1ncc(-c2ccc(-c3ccc(-c4cnc(C5CCCN5C(=O)O)[nH]4)cc3)cc2)[nH]1)C(C)(C)C. The van der Waals surface area contributed by atoms with E-state index in [0.717, 1.165) is 46.5 Å². The fourth-order valence-electron chi connectivity index (χ4n) is 5.37. The number of hydrogen-bond donors (Lipinski definition) is 4. The molecule has 10 nitrogen and oxygen atoms in total. The van der Waals surface area contributed by atoms with Crippen LogP contribution < -0.4 is 5.32 Å². The van der Waals surface area contributed by atoms with Crippen LogP contribution in [0.15, 0.2) is 60.9 Å². The summed E-state index contributed by atoms with van der Waals surface area (Å²) < 4.78 is 5.48. The number of alkyl carbamates (subject to hydrolysis) is 1. The van der Waals surface area contributed by atoms with Gasteiger partial charge in [-0.05, 0) is 61.3 Å². The van der Waals surface area contributed by atoms with Crippen molar-refractivity contribution < 1.29 is 19.4 Å². The van der Waals surface area contributed by atoms with Gasteiger partial charge in [0.2, 0.25) is 0 Å². The van der Waals surface area contributed by atoms with Crippen LogP contribution in [0.2, 0.25) is 0 Å². The van der Waals surface area contributed by atoms with Crippen LogP contribution in [0.3, 0.4) is 0 Å². The molecule has 2 atom stereocenters. The maximum atomic E-state index is 12.5. The number of ether oxygens (including phenoxy) is 1. The standard InChI is InChI=1S/C33H40N6O4/c1-32(2,3)27(38-30(40)43-33(4,5)6)29-35-19-25(37-29)23-15-11-21(12-16-23)20-9-13-22(14-10-20)24-18-34-28(36-24)26-8-7-17-39(26)31(41)42/h9-16,18-19,26-27H,7-8,17H2,1-6H3,(H,34,36)(H,35,37)(H,38,40)(H,41,42)/t26?,27-/m1/s1. The molecule has 4 N–H and O–H groups in total. The van der Waals surface area contributed by atoms with Gasteiger partial charge in [-0.3, -0.25) is 4.90 Å². The molecule has 0 bridgehead atoms. The maximum absolute atomic E-state index is 12.5. The first-order chi connectivity index (χ1) is 20.3. The molecule has 2 aromatic carbocycles. The Kier molecular flexibility index (Phi) is 8.05. The van der Waals surface area contributed by atoms with Crippen LogP contribution in [-0.2, 0) is 4.74 Å². The zero-order valence-corrected chi connectivity index (χ0v) is 25.6. The molecule has 1 saturated heterocycles. The molecule has 226 valence electrons. The molecular formula is C33H40N6O4. The Morgan fingerprint density at radius 1 is 0.884 bits per heavy atom. The van der Waals surface area contributed by atoms with Crippen molar-refractivity contribution in [2.24, 2.45) is 5.41 Å². The summed E-state index contributed by atoms with van der Waals surface area (Å²) in [7, 11) is 0. The van der Waals surface area contributed by atoms with Gasteiger partial charge in [-0.1, -0.05) is 69.3 Å². The molecule has 2 amide bonds. The zero-order valence-electron chi connectivity index (χ0n) is 25.6. The smallest absolute Gasteiger partial charge is 0.408 e. The lowest BCUT2D eigenvalue weighted by Crippen LogP contribution is -2.40. The molecule has 0 radical (unpaired) electrons. The van der Waals surface area contributed by atoms with Crippen molar-refractivity contribution >= 4 is 12.2 Å². The maximum Gasteiger partial charge on any atom is 0.408 e.